The van der Waals surface area contributed by atoms with Crippen molar-refractivity contribution < 1.29 is 9.53 Å². The minimum absolute atomic E-state index is 0.263. The Balaban J connectivity index is 1.93. The van der Waals surface area contributed by atoms with Crippen LogP contribution >= 0.6 is 0 Å². The van der Waals surface area contributed by atoms with E-state index in [0.717, 1.165) is 11.3 Å². The number of aryl methyl sites for hydroxylation is 1. The number of nitrogens with one attached hydrogen (secondary N) is 1. The molecule has 0 spiro atoms. The third-order valence-corrected chi connectivity index (χ3v) is 3.36. The third kappa shape index (κ3) is 3.06. The van der Waals surface area contributed by atoms with E-state index in [-0.39, 0.29) is 5.91 Å². The largest absolute Gasteiger partial charge is 0.496 e. The van der Waals surface area contributed by atoms with Crippen LogP contribution in [0, 0.1) is 6.92 Å². The quantitative estimate of drug-likeness (QED) is 0.804. The first-order chi connectivity index (χ1) is 11.2. The molecule has 3 rings (SSSR count). The number of carbonyl (C=O) groups excluding carboxylic acids is 1. The fourth-order valence-corrected chi connectivity index (χ4v) is 2.25. The smallest absolute Gasteiger partial charge is 0.259 e. The van der Waals surface area contributed by atoms with Gasteiger partial charge < -0.3 is 10.1 Å². The zero-order valence-electron chi connectivity index (χ0n) is 12.9. The second kappa shape index (κ2) is 6.31. The molecule has 2 heterocycles. The zero-order valence-corrected chi connectivity index (χ0v) is 12.9. The summed E-state index contributed by atoms with van der Waals surface area (Å²) in [6.45, 7) is 1.96. The first kappa shape index (κ1) is 14.8. The first-order valence-electron chi connectivity index (χ1n) is 7.09. The lowest BCUT2D eigenvalue weighted by Crippen LogP contribution is -2.15. The Morgan fingerprint density at radius 3 is 2.78 bits per heavy atom. The van der Waals surface area contributed by atoms with Crippen LogP contribution in [-0.2, 0) is 0 Å². The maximum absolute atomic E-state index is 12.5. The van der Waals surface area contributed by atoms with Crippen LogP contribution in [0.4, 0.5) is 5.69 Å². The highest BCUT2D eigenvalue weighted by atomic mass is 16.5. The molecule has 2 aromatic heterocycles. The van der Waals surface area contributed by atoms with Crippen molar-refractivity contribution in [2.75, 3.05) is 12.4 Å². The summed E-state index contributed by atoms with van der Waals surface area (Å²) in [6.07, 6.45) is 6.89. The zero-order chi connectivity index (χ0) is 16.2. The van der Waals surface area contributed by atoms with Gasteiger partial charge in [-0.3, -0.25) is 9.78 Å². The Hall–Kier alpha value is -3.15. The minimum Gasteiger partial charge on any atom is -0.496 e. The minimum atomic E-state index is -0.263. The van der Waals surface area contributed by atoms with E-state index in [1.807, 2.05) is 19.2 Å². The van der Waals surface area contributed by atoms with E-state index in [4.69, 9.17) is 4.74 Å². The molecule has 0 saturated carbocycles. The number of hydrogen-bond acceptors (Lipinski definition) is 4. The number of hydrogen-bond donors (Lipinski definition) is 1. The Morgan fingerprint density at radius 1 is 1.22 bits per heavy atom. The molecule has 0 aliphatic rings. The fraction of sp³-hybridized carbons (Fsp3) is 0.118. The van der Waals surface area contributed by atoms with Gasteiger partial charge in [-0.1, -0.05) is 12.1 Å². The van der Waals surface area contributed by atoms with Crippen molar-refractivity contribution >= 4 is 11.6 Å². The highest BCUT2D eigenvalue weighted by Gasteiger charge is 2.14. The normalized spacial score (nSPS) is 10.3. The van der Waals surface area contributed by atoms with Gasteiger partial charge in [0.05, 0.1) is 36.4 Å². The van der Waals surface area contributed by atoms with Crippen LogP contribution < -0.4 is 10.1 Å². The van der Waals surface area contributed by atoms with Gasteiger partial charge in [0.15, 0.2) is 0 Å². The molecule has 0 fully saturated rings. The number of benzene rings is 1. The molecule has 0 radical (unpaired) electrons. The molecular weight excluding hydrogens is 292 g/mol. The van der Waals surface area contributed by atoms with Crippen molar-refractivity contribution in [3.8, 4) is 11.4 Å². The summed E-state index contributed by atoms with van der Waals surface area (Å²) < 4.78 is 6.93. The molecule has 1 N–H and O–H groups in total. The van der Waals surface area contributed by atoms with Gasteiger partial charge in [0, 0.05) is 12.4 Å². The van der Waals surface area contributed by atoms with Crippen molar-refractivity contribution in [1.82, 2.24) is 14.8 Å². The predicted octanol–water partition coefficient (Wildman–Crippen LogP) is 2.84. The average Bonchev–Trinajstić information content (AvgIpc) is 3.01. The SMILES string of the molecule is COc1ccccc1C(=O)Nc1cnccc1-n1cc(C)cn1. The lowest BCUT2D eigenvalue weighted by molar-refractivity contribution is 0.102. The number of para-hydroxylation sites is 1. The second-order valence-electron chi connectivity index (χ2n) is 5.01. The predicted molar refractivity (Wildman–Crippen MR) is 87.0 cm³/mol. The lowest BCUT2D eigenvalue weighted by Gasteiger charge is -2.12. The number of anilines is 1. The molecule has 0 aliphatic heterocycles. The number of rotatable bonds is 4. The average molecular weight is 308 g/mol. The van der Waals surface area contributed by atoms with Crippen LogP contribution in [0.5, 0.6) is 5.75 Å². The molecule has 0 aliphatic carbocycles. The van der Waals surface area contributed by atoms with E-state index < -0.39 is 0 Å². The molecule has 1 amide bonds. The van der Waals surface area contributed by atoms with E-state index in [0.29, 0.717) is 17.0 Å². The second-order valence-corrected chi connectivity index (χ2v) is 5.01. The Bertz CT molecular complexity index is 842. The van der Waals surface area contributed by atoms with E-state index in [1.54, 1.807) is 47.5 Å². The summed E-state index contributed by atoms with van der Waals surface area (Å²) in [4.78, 5) is 16.6. The maximum Gasteiger partial charge on any atom is 0.259 e. The van der Waals surface area contributed by atoms with E-state index in [1.165, 1.54) is 7.11 Å². The van der Waals surface area contributed by atoms with Crippen molar-refractivity contribution in [1.29, 1.82) is 0 Å². The van der Waals surface area contributed by atoms with Gasteiger partial charge in [-0.2, -0.15) is 5.10 Å². The summed E-state index contributed by atoms with van der Waals surface area (Å²) in [7, 11) is 1.54. The molecule has 1 aromatic carbocycles. The third-order valence-electron chi connectivity index (χ3n) is 3.36. The van der Waals surface area contributed by atoms with Crippen LogP contribution in [0.2, 0.25) is 0 Å². The Kier molecular flexibility index (Phi) is 4.05. The summed E-state index contributed by atoms with van der Waals surface area (Å²) >= 11 is 0. The first-order valence-corrected chi connectivity index (χ1v) is 7.09. The molecule has 3 aromatic rings. The number of nitrogens with zero attached hydrogens (tertiary/aromatic N) is 3. The highest BCUT2D eigenvalue weighted by molar-refractivity contribution is 6.07. The topological polar surface area (TPSA) is 69.0 Å². The van der Waals surface area contributed by atoms with Crippen molar-refractivity contribution in [2.45, 2.75) is 6.92 Å². The molecule has 6 heteroatoms. The molecular formula is C17H16N4O2. The van der Waals surface area contributed by atoms with Crippen molar-refractivity contribution in [2.24, 2.45) is 0 Å². The molecule has 0 unspecified atom stereocenters. The molecule has 0 bridgehead atoms. The van der Waals surface area contributed by atoms with E-state index in [2.05, 4.69) is 15.4 Å². The Labute approximate surface area is 133 Å². The molecule has 6 nitrogen and oxygen atoms in total. The number of carbonyl (C=O) groups is 1. The highest BCUT2D eigenvalue weighted by Crippen LogP contribution is 2.22. The van der Waals surface area contributed by atoms with Crippen molar-refractivity contribution in [3.63, 3.8) is 0 Å². The number of aromatic nitrogens is 3. The van der Waals surface area contributed by atoms with Gasteiger partial charge in [0.1, 0.15) is 5.75 Å². The molecule has 0 saturated heterocycles. The van der Waals surface area contributed by atoms with Gasteiger partial charge in [-0.15, -0.1) is 0 Å². The number of ether oxygens (including phenoxy) is 1. The lowest BCUT2D eigenvalue weighted by atomic mass is 10.2. The molecule has 0 atom stereocenters. The summed E-state index contributed by atoms with van der Waals surface area (Å²) in [5.74, 6) is 0.256. The van der Waals surface area contributed by atoms with E-state index >= 15 is 0 Å². The number of pyridine rings is 1. The van der Waals surface area contributed by atoms with Gasteiger partial charge in [0.25, 0.3) is 5.91 Å². The van der Waals surface area contributed by atoms with Crippen LogP contribution in [0.3, 0.4) is 0 Å². The van der Waals surface area contributed by atoms with Gasteiger partial charge >= 0.3 is 0 Å². The summed E-state index contributed by atoms with van der Waals surface area (Å²) in [5, 5.41) is 7.14. The van der Waals surface area contributed by atoms with Gasteiger partial charge in [0.2, 0.25) is 0 Å². The summed E-state index contributed by atoms with van der Waals surface area (Å²) in [6, 6.07) is 8.86. The Morgan fingerprint density at radius 2 is 2.04 bits per heavy atom. The number of amides is 1. The number of methoxy groups -OCH3 is 1. The maximum atomic E-state index is 12.5. The van der Waals surface area contributed by atoms with Crippen molar-refractivity contribution in [3.05, 3.63) is 66.2 Å². The van der Waals surface area contributed by atoms with E-state index in [9.17, 15) is 4.79 Å². The molecule has 23 heavy (non-hydrogen) atoms. The monoisotopic (exact) mass is 308 g/mol. The van der Waals surface area contributed by atoms with Crippen LogP contribution in [0.15, 0.2) is 55.1 Å². The fourth-order valence-electron chi connectivity index (χ4n) is 2.25. The standard InChI is InChI=1S/C17H16N4O2/c1-12-9-19-21(11-12)15-7-8-18-10-14(15)20-17(22)13-5-3-4-6-16(13)23-2/h3-11H,1-2H3,(H,20,22). The van der Waals surface area contributed by atoms with Crippen LogP contribution in [-0.4, -0.2) is 27.8 Å². The van der Waals surface area contributed by atoms with Gasteiger partial charge in [-0.25, -0.2) is 4.68 Å². The van der Waals surface area contributed by atoms with Crippen LogP contribution in [0.1, 0.15) is 15.9 Å². The molecule has 116 valence electrons. The summed E-state index contributed by atoms with van der Waals surface area (Å²) in [5.41, 5.74) is 2.81. The van der Waals surface area contributed by atoms with Crippen LogP contribution in [0.25, 0.3) is 5.69 Å². The van der Waals surface area contributed by atoms with Gasteiger partial charge in [-0.05, 0) is 30.7 Å².